The molecular formula is C12H17N5. The highest BCUT2D eigenvalue weighted by Gasteiger charge is 2.18. The van der Waals surface area contributed by atoms with E-state index in [4.69, 9.17) is 5.26 Å². The number of hydrogen-bond acceptors (Lipinski definition) is 5. The molecule has 0 unspecified atom stereocenters. The molecule has 1 aromatic heterocycles. The second-order valence-corrected chi connectivity index (χ2v) is 4.37. The van der Waals surface area contributed by atoms with E-state index >= 15 is 0 Å². The number of nitrogens with zero attached hydrogens (tertiary/aromatic N) is 5. The number of aryl methyl sites for hydroxylation is 2. The first-order valence-electron chi connectivity index (χ1n) is 5.85. The van der Waals surface area contributed by atoms with Crippen LogP contribution in [0.4, 0.5) is 5.95 Å². The van der Waals surface area contributed by atoms with E-state index in [1.807, 2.05) is 19.9 Å². The van der Waals surface area contributed by atoms with Crippen LogP contribution in [0.15, 0.2) is 6.07 Å². The summed E-state index contributed by atoms with van der Waals surface area (Å²) in [6, 6.07) is 4.17. The lowest BCUT2D eigenvalue weighted by Gasteiger charge is -2.33. The molecule has 0 aromatic carbocycles. The highest BCUT2D eigenvalue weighted by atomic mass is 15.3. The second-order valence-electron chi connectivity index (χ2n) is 4.37. The Hall–Kier alpha value is -1.67. The third-order valence-electron chi connectivity index (χ3n) is 2.92. The van der Waals surface area contributed by atoms with E-state index in [9.17, 15) is 0 Å². The minimum Gasteiger partial charge on any atom is -0.338 e. The van der Waals surface area contributed by atoms with Crippen molar-refractivity contribution in [2.45, 2.75) is 13.8 Å². The van der Waals surface area contributed by atoms with Crippen LogP contribution in [0.25, 0.3) is 0 Å². The lowest BCUT2D eigenvalue weighted by Crippen LogP contribution is -2.47. The SMILES string of the molecule is Cc1cc(C)nc(N2CCN(CC#N)CC2)n1. The number of rotatable bonds is 2. The normalized spacial score (nSPS) is 16.9. The van der Waals surface area contributed by atoms with Crippen molar-refractivity contribution in [3.8, 4) is 6.07 Å². The summed E-state index contributed by atoms with van der Waals surface area (Å²) in [6.45, 7) is 8.10. The van der Waals surface area contributed by atoms with E-state index in [-0.39, 0.29) is 0 Å². The van der Waals surface area contributed by atoms with Gasteiger partial charge in [0, 0.05) is 37.6 Å². The summed E-state index contributed by atoms with van der Waals surface area (Å²) in [7, 11) is 0. The Bertz CT molecular complexity index is 409. The van der Waals surface area contributed by atoms with Gasteiger partial charge in [-0.3, -0.25) is 4.90 Å². The minimum atomic E-state index is 0.515. The molecule has 0 aliphatic carbocycles. The zero-order valence-electron chi connectivity index (χ0n) is 10.3. The van der Waals surface area contributed by atoms with Crippen molar-refractivity contribution in [2.75, 3.05) is 37.6 Å². The predicted octanol–water partition coefficient (Wildman–Crippen LogP) is 0.739. The van der Waals surface area contributed by atoms with E-state index in [2.05, 4.69) is 25.8 Å². The number of hydrogen-bond donors (Lipinski definition) is 0. The summed E-state index contributed by atoms with van der Waals surface area (Å²) < 4.78 is 0. The average Bonchev–Trinajstić information content (AvgIpc) is 2.29. The molecule has 0 atom stereocenters. The molecule has 1 aliphatic heterocycles. The van der Waals surface area contributed by atoms with Crippen molar-refractivity contribution >= 4 is 5.95 Å². The van der Waals surface area contributed by atoms with Crippen molar-refractivity contribution in [1.82, 2.24) is 14.9 Å². The molecule has 1 aromatic rings. The predicted molar refractivity (Wildman–Crippen MR) is 65.8 cm³/mol. The Morgan fingerprint density at radius 2 is 1.76 bits per heavy atom. The van der Waals surface area contributed by atoms with Crippen molar-refractivity contribution < 1.29 is 0 Å². The van der Waals surface area contributed by atoms with Crippen LogP contribution in [0.2, 0.25) is 0 Å². The van der Waals surface area contributed by atoms with Crippen LogP contribution < -0.4 is 4.90 Å². The van der Waals surface area contributed by atoms with Crippen LogP contribution in [0, 0.1) is 25.2 Å². The molecule has 5 nitrogen and oxygen atoms in total. The Morgan fingerprint density at radius 3 is 2.29 bits per heavy atom. The summed E-state index contributed by atoms with van der Waals surface area (Å²) >= 11 is 0. The topological polar surface area (TPSA) is 56.1 Å². The summed E-state index contributed by atoms with van der Waals surface area (Å²) in [5, 5.41) is 8.64. The van der Waals surface area contributed by atoms with E-state index in [0.717, 1.165) is 43.5 Å². The van der Waals surface area contributed by atoms with Crippen LogP contribution in [-0.2, 0) is 0 Å². The molecule has 0 bridgehead atoms. The molecule has 1 fully saturated rings. The summed E-state index contributed by atoms with van der Waals surface area (Å²) in [6.07, 6.45) is 0. The van der Waals surface area contributed by atoms with E-state index in [0.29, 0.717) is 6.54 Å². The van der Waals surface area contributed by atoms with Gasteiger partial charge in [-0.25, -0.2) is 9.97 Å². The molecule has 0 amide bonds. The van der Waals surface area contributed by atoms with Gasteiger partial charge in [0.1, 0.15) is 0 Å². The van der Waals surface area contributed by atoms with Gasteiger partial charge in [-0.1, -0.05) is 0 Å². The highest BCUT2D eigenvalue weighted by Crippen LogP contribution is 2.12. The van der Waals surface area contributed by atoms with Crippen LogP contribution in [0.5, 0.6) is 0 Å². The first-order chi connectivity index (χ1) is 8.19. The van der Waals surface area contributed by atoms with Crippen LogP contribution in [-0.4, -0.2) is 47.6 Å². The fraction of sp³-hybridized carbons (Fsp3) is 0.583. The van der Waals surface area contributed by atoms with E-state index in [1.165, 1.54) is 0 Å². The zero-order chi connectivity index (χ0) is 12.3. The van der Waals surface area contributed by atoms with E-state index in [1.54, 1.807) is 0 Å². The molecule has 0 spiro atoms. The summed E-state index contributed by atoms with van der Waals surface area (Å²) in [5.74, 6) is 0.819. The Labute approximate surface area is 102 Å². The summed E-state index contributed by atoms with van der Waals surface area (Å²) in [5.41, 5.74) is 2.01. The van der Waals surface area contributed by atoms with Gasteiger partial charge in [0.15, 0.2) is 0 Å². The van der Waals surface area contributed by atoms with Gasteiger partial charge >= 0.3 is 0 Å². The lowest BCUT2D eigenvalue weighted by atomic mass is 10.3. The number of nitriles is 1. The second kappa shape index (κ2) is 5.11. The minimum absolute atomic E-state index is 0.515. The van der Waals surface area contributed by atoms with Gasteiger partial charge in [0.05, 0.1) is 12.6 Å². The maximum absolute atomic E-state index is 8.64. The Kier molecular flexibility index (Phi) is 3.55. The van der Waals surface area contributed by atoms with Gasteiger partial charge in [-0.05, 0) is 19.9 Å². The Morgan fingerprint density at radius 1 is 1.18 bits per heavy atom. The van der Waals surface area contributed by atoms with Crippen molar-refractivity contribution in [3.05, 3.63) is 17.5 Å². The highest BCUT2D eigenvalue weighted by molar-refractivity contribution is 5.32. The monoisotopic (exact) mass is 231 g/mol. The fourth-order valence-corrected chi connectivity index (χ4v) is 2.05. The average molecular weight is 231 g/mol. The van der Waals surface area contributed by atoms with Crippen molar-refractivity contribution in [3.63, 3.8) is 0 Å². The van der Waals surface area contributed by atoms with Crippen LogP contribution in [0.1, 0.15) is 11.4 Å². The fourth-order valence-electron chi connectivity index (χ4n) is 2.05. The van der Waals surface area contributed by atoms with Crippen LogP contribution >= 0.6 is 0 Å². The molecule has 0 N–H and O–H groups in total. The zero-order valence-corrected chi connectivity index (χ0v) is 10.3. The molecule has 5 heteroatoms. The van der Waals surface area contributed by atoms with Crippen LogP contribution in [0.3, 0.4) is 0 Å². The molecule has 2 heterocycles. The molecule has 17 heavy (non-hydrogen) atoms. The standard InChI is InChI=1S/C12H17N5/c1-10-9-11(2)15-12(14-10)17-7-5-16(4-3-13)6-8-17/h9H,4-8H2,1-2H3. The maximum Gasteiger partial charge on any atom is 0.225 e. The summed E-state index contributed by atoms with van der Waals surface area (Å²) in [4.78, 5) is 13.3. The molecule has 90 valence electrons. The third kappa shape index (κ3) is 2.92. The Balaban J connectivity index is 2.03. The number of aromatic nitrogens is 2. The first kappa shape index (κ1) is 11.8. The third-order valence-corrected chi connectivity index (χ3v) is 2.92. The van der Waals surface area contributed by atoms with E-state index < -0.39 is 0 Å². The van der Waals surface area contributed by atoms with Gasteiger partial charge in [0.25, 0.3) is 0 Å². The smallest absolute Gasteiger partial charge is 0.225 e. The maximum atomic E-state index is 8.64. The first-order valence-corrected chi connectivity index (χ1v) is 5.85. The molecular weight excluding hydrogens is 214 g/mol. The largest absolute Gasteiger partial charge is 0.338 e. The quantitative estimate of drug-likeness (QED) is 0.703. The number of anilines is 1. The molecule has 0 radical (unpaired) electrons. The molecule has 2 rings (SSSR count). The van der Waals surface area contributed by atoms with Gasteiger partial charge < -0.3 is 4.90 Å². The van der Waals surface area contributed by atoms with Crippen molar-refractivity contribution in [1.29, 1.82) is 5.26 Å². The van der Waals surface area contributed by atoms with Gasteiger partial charge in [0.2, 0.25) is 5.95 Å². The molecule has 1 aliphatic rings. The lowest BCUT2D eigenvalue weighted by molar-refractivity contribution is 0.285. The van der Waals surface area contributed by atoms with Crippen molar-refractivity contribution in [2.24, 2.45) is 0 Å². The molecule has 0 saturated carbocycles. The van der Waals surface area contributed by atoms with Gasteiger partial charge in [-0.2, -0.15) is 5.26 Å². The number of piperazine rings is 1. The molecule has 1 saturated heterocycles. The van der Waals surface area contributed by atoms with Gasteiger partial charge in [-0.15, -0.1) is 0 Å².